The lowest BCUT2D eigenvalue weighted by atomic mass is 9.76. The van der Waals surface area contributed by atoms with Gasteiger partial charge < -0.3 is 11.1 Å². The van der Waals surface area contributed by atoms with Gasteiger partial charge in [0.25, 0.3) is 0 Å². The number of hydrogen-bond acceptors (Lipinski definition) is 2. The molecule has 3 nitrogen and oxygen atoms in total. The Morgan fingerprint density at radius 3 is 3.00 bits per heavy atom. The van der Waals surface area contributed by atoms with Gasteiger partial charge in [0.2, 0.25) is 5.91 Å². The molecule has 3 heteroatoms. The molecule has 1 amide bonds. The van der Waals surface area contributed by atoms with Gasteiger partial charge in [0.05, 0.1) is 5.54 Å². The molecule has 0 aliphatic heterocycles. The third-order valence-electron chi connectivity index (χ3n) is 3.38. The van der Waals surface area contributed by atoms with Gasteiger partial charge in [-0.1, -0.05) is 25.8 Å². The SMILES string of the molecule is C=CCC(C)NC(=O)C1(N)CCCC(C)C1. The van der Waals surface area contributed by atoms with E-state index in [0.717, 1.165) is 25.7 Å². The third-order valence-corrected chi connectivity index (χ3v) is 3.38. The fourth-order valence-corrected chi connectivity index (χ4v) is 2.47. The van der Waals surface area contributed by atoms with Gasteiger partial charge in [0, 0.05) is 6.04 Å². The van der Waals surface area contributed by atoms with E-state index in [4.69, 9.17) is 5.73 Å². The Balaban J connectivity index is 2.54. The van der Waals surface area contributed by atoms with E-state index in [1.165, 1.54) is 6.42 Å². The van der Waals surface area contributed by atoms with E-state index in [1.807, 2.05) is 13.0 Å². The summed E-state index contributed by atoms with van der Waals surface area (Å²) in [6.07, 6.45) is 6.47. The van der Waals surface area contributed by atoms with Crippen molar-refractivity contribution in [3.63, 3.8) is 0 Å². The Morgan fingerprint density at radius 2 is 2.44 bits per heavy atom. The zero-order valence-electron chi connectivity index (χ0n) is 10.5. The van der Waals surface area contributed by atoms with Crippen molar-refractivity contribution in [3.05, 3.63) is 12.7 Å². The third kappa shape index (κ3) is 3.34. The quantitative estimate of drug-likeness (QED) is 0.717. The lowest BCUT2D eigenvalue weighted by molar-refractivity contribution is -0.128. The molecule has 1 saturated carbocycles. The van der Waals surface area contributed by atoms with Gasteiger partial charge in [-0.15, -0.1) is 6.58 Å². The second-order valence-electron chi connectivity index (χ2n) is 5.26. The van der Waals surface area contributed by atoms with E-state index < -0.39 is 5.54 Å². The van der Waals surface area contributed by atoms with Crippen LogP contribution in [0.1, 0.15) is 46.0 Å². The van der Waals surface area contributed by atoms with Gasteiger partial charge in [-0.3, -0.25) is 4.79 Å². The molecule has 0 heterocycles. The zero-order valence-corrected chi connectivity index (χ0v) is 10.5. The van der Waals surface area contributed by atoms with Crippen LogP contribution in [0.5, 0.6) is 0 Å². The molecular formula is C13H24N2O. The average Bonchev–Trinajstić information content (AvgIpc) is 2.17. The van der Waals surface area contributed by atoms with Crippen LogP contribution in [0, 0.1) is 5.92 Å². The summed E-state index contributed by atoms with van der Waals surface area (Å²) in [7, 11) is 0. The van der Waals surface area contributed by atoms with Crippen LogP contribution >= 0.6 is 0 Å². The Bertz CT molecular complexity index is 265. The topological polar surface area (TPSA) is 55.1 Å². The van der Waals surface area contributed by atoms with Crippen LogP contribution in [0.2, 0.25) is 0 Å². The van der Waals surface area contributed by atoms with Crippen LogP contribution in [0.3, 0.4) is 0 Å². The molecule has 3 atom stereocenters. The first kappa shape index (κ1) is 13.2. The Hall–Kier alpha value is -0.830. The van der Waals surface area contributed by atoms with Crippen molar-refractivity contribution >= 4 is 5.91 Å². The maximum absolute atomic E-state index is 12.1. The predicted octanol–water partition coefficient (Wildman–Crippen LogP) is 1.97. The van der Waals surface area contributed by atoms with Gasteiger partial charge in [-0.25, -0.2) is 0 Å². The van der Waals surface area contributed by atoms with Crippen molar-refractivity contribution in [3.8, 4) is 0 Å². The number of hydrogen-bond donors (Lipinski definition) is 2. The predicted molar refractivity (Wildman–Crippen MR) is 67.0 cm³/mol. The molecule has 1 aliphatic carbocycles. The van der Waals surface area contributed by atoms with Crippen molar-refractivity contribution in [1.82, 2.24) is 5.32 Å². The highest BCUT2D eigenvalue weighted by Crippen LogP contribution is 2.30. The number of amides is 1. The molecule has 3 unspecified atom stereocenters. The molecule has 1 fully saturated rings. The average molecular weight is 224 g/mol. The van der Waals surface area contributed by atoms with E-state index in [2.05, 4.69) is 18.8 Å². The van der Waals surface area contributed by atoms with Gasteiger partial charge in [-0.05, 0) is 32.1 Å². The molecule has 0 aromatic carbocycles. The highest BCUT2D eigenvalue weighted by molar-refractivity contribution is 5.86. The van der Waals surface area contributed by atoms with Gasteiger partial charge in [-0.2, -0.15) is 0 Å². The molecule has 0 aromatic rings. The molecule has 0 spiro atoms. The molecule has 3 N–H and O–H groups in total. The highest BCUT2D eigenvalue weighted by Gasteiger charge is 2.38. The van der Waals surface area contributed by atoms with Crippen LogP contribution in [-0.4, -0.2) is 17.5 Å². The minimum absolute atomic E-state index is 0.00778. The fraction of sp³-hybridized carbons (Fsp3) is 0.769. The number of nitrogens with two attached hydrogens (primary N) is 1. The second kappa shape index (κ2) is 5.48. The summed E-state index contributed by atoms with van der Waals surface area (Å²) in [5.74, 6) is 0.563. The first-order valence-electron chi connectivity index (χ1n) is 6.18. The number of carbonyl (C=O) groups excluding carboxylic acids is 1. The van der Waals surface area contributed by atoms with Crippen molar-refractivity contribution in [1.29, 1.82) is 0 Å². The van der Waals surface area contributed by atoms with Crippen LogP contribution in [-0.2, 0) is 4.79 Å². The number of rotatable bonds is 4. The Kier molecular flexibility index (Phi) is 4.54. The summed E-state index contributed by atoms with van der Waals surface area (Å²) in [6.45, 7) is 7.82. The first-order valence-corrected chi connectivity index (χ1v) is 6.18. The second-order valence-corrected chi connectivity index (χ2v) is 5.26. The van der Waals surface area contributed by atoms with Crippen LogP contribution in [0.25, 0.3) is 0 Å². The summed E-state index contributed by atoms with van der Waals surface area (Å²) in [4.78, 5) is 12.1. The molecule has 0 radical (unpaired) electrons. The lowest BCUT2D eigenvalue weighted by Crippen LogP contribution is -2.57. The zero-order chi connectivity index (χ0) is 12.2. The van der Waals surface area contributed by atoms with Crippen molar-refractivity contribution < 1.29 is 4.79 Å². The molecule has 1 rings (SSSR count). The molecule has 16 heavy (non-hydrogen) atoms. The van der Waals surface area contributed by atoms with Crippen LogP contribution in [0.15, 0.2) is 12.7 Å². The van der Waals surface area contributed by atoms with Crippen molar-refractivity contribution in [2.75, 3.05) is 0 Å². The maximum atomic E-state index is 12.1. The largest absolute Gasteiger partial charge is 0.352 e. The molecule has 92 valence electrons. The Morgan fingerprint density at radius 1 is 1.75 bits per heavy atom. The summed E-state index contributed by atoms with van der Waals surface area (Å²) in [6, 6.07) is 0.127. The molecular weight excluding hydrogens is 200 g/mol. The van der Waals surface area contributed by atoms with Gasteiger partial charge in [0.1, 0.15) is 0 Å². The van der Waals surface area contributed by atoms with Crippen molar-refractivity contribution in [2.24, 2.45) is 11.7 Å². The minimum Gasteiger partial charge on any atom is -0.352 e. The normalized spacial score (nSPS) is 31.8. The summed E-state index contributed by atoms with van der Waals surface area (Å²) >= 11 is 0. The van der Waals surface area contributed by atoms with E-state index in [1.54, 1.807) is 0 Å². The van der Waals surface area contributed by atoms with E-state index >= 15 is 0 Å². The summed E-state index contributed by atoms with van der Waals surface area (Å²) in [5, 5.41) is 2.98. The Labute approximate surface area is 98.5 Å². The maximum Gasteiger partial charge on any atom is 0.240 e. The number of nitrogens with one attached hydrogen (secondary N) is 1. The smallest absolute Gasteiger partial charge is 0.240 e. The molecule has 0 aromatic heterocycles. The summed E-state index contributed by atoms with van der Waals surface area (Å²) in [5.41, 5.74) is 5.55. The van der Waals surface area contributed by atoms with Gasteiger partial charge >= 0.3 is 0 Å². The van der Waals surface area contributed by atoms with E-state index in [-0.39, 0.29) is 11.9 Å². The highest BCUT2D eigenvalue weighted by atomic mass is 16.2. The van der Waals surface area contributed by atoms with Crippen LogP contribution < -0.4 is 11.1 Å². The monoisotopic (exact) mass is 224 g/mol. The first-order chi connectivity index (χ1) is 7.48. The minimum atomic E-state index is -0.646. The molecule has 0 saturated heterocycles. The van der Waals surface area contributed by atoms with Crippen LogP contribution in [0.4, 0.5) is 0 Å². The molecule has 1 aliphatic rings. The lowest BCUT2D eigenvalue weighted by Gasteiger charge is -2.36. The summed E-state index contributed by atoms with van der Waals surface area (Å²) < 4.78 is 0. The van der Waals surface area contributed by atoms with E-state index in [0.29, 0.717) is 5.92 Å². The van der Waals surface area contributed by atoms with Crippen molar-refractivity contribution in [2.45, 2.75) is 57.5 Å². The molecule has 0 bridgehead atoms. The van der Waals surface area contributed by atoms with E-state index in [9.17, 15) is 4.79 Å². The van der Waals surface area contributed by atoms with Gasteiger partial charge in [0.15, 0.2) is 0 Å². The fourth-order valence-electron chi connectivity index (χ4n) is 2.47. The number of carbonyl (C=O) groups is 1. The standard InChI is InChI=1S/C13H24N2O/c1-4-6-11(3)15-12(16)13(14)8-5-7-10(2)9-13/h4,10-11H,1,5-9,14H2,2-3H3,(H,15,16).